The van der Waals surface area contributed by atoms with Crippen LogP contribution < -0.4 is 0 Å². The van der Waals surface area contributed by atoms with E-state index in [1.165, 1.54) is 11.8 Å². The molecule has 18 heavy (non-hydrogen) atoms. The standard InChI is InChI=1S/C11H20N2O4S/c1-13(2)11-12-7-9(15)8(14)6(4-5-16-3)17-10(7)18-11/h6-10,14-15H,4-5H2,1-3H3/t6-,7+,8+,9+,10+/m0/s1. The van der Waals surface area contributed by atoms with Crippen LogP contribution in [0.4, 0.5) is 0 Å². The van der Waals surface area contributed by atoms with Crippen molar-refractivity contribution in [1.29, 1.82) is 0 Å². The van der Waals surface area contributed by atoms with E-state index in [0.717, 1.165) is 5.17 Å². The number of methoxy groups -OCH3 is 1. The summed E-state index contributed by atoms with van der Waals surface area (Å²) < 4.78 is 10.8. The molecule has 0 amide bonds. The van der Waals surface area contributed by atoms with E-state index in [2.05, 4.69) is 4.99 Å². The zero-order chi connectivity index (χ0) is 13.3. The molecule has 104 valence electrons. The van der Waals surface area contributed by atoms with Crippen LogP contribution in [0.2, 0.25) is 0 Å². The summed E-state index contributed by atoms with van der Waals surface area (Å²) in [5, 5.41) is 20.9. The van der Waals surface area contributed by atoms with Gasteiger partial charge < -0.3 is 24.6 Å². The minimum absolute atomic E-state index is 0.220. The molecule has 6 nitrogen and oxygen atoms in total. The molecule has 2 heterocycles. The van der Waals surface area contributed by atoms with Crippen LogP contribution in [-0.2, 0) is 9.47 Å². The number of ether oxygens (including phenoxy) is 2. The molecule has 1 saturated heterocycles. The first-order valence-corrected chi connectivity index (χ1v) is 6.85. The Morgan fingerprint density at radius 3 is 2.72 bits per heavy atom. The number of hydrogen-bond acceptors (Lipinski definition) is 7. The van der Waals surface area contributed by atoms with E-state index in [4.69, 9.17) is 9.47 Å². The van der Waals surface area contributed by atoms with Crippen molar-refractivity contribution in [2.24, 2.45) is 4.99 Å². The Bertz CT molecular complexity index is 326. The van der Waals surface area contributed by atoms with Gasteiger partial charge in [-0.1, -0.05) is 11.8 Å². The second-order valence-corrected chi connectivity index (χ2v) is 5.79. The summed E-state index contributed by atoms with van der Waals surface area (Å²) in [6.07, 6.45) is -1.62. The topological polar surface area (TPSA) is 74.5 Å². The Kier molecular flexibility index (Phi) is 4.50. The molecule has 0 bridgehead atoms. The Morgan fingerprint density at radius 1 is 1.39 bits per heavy atom. The number of hydrogen-bond donors (Lipinski definition) is 2. The molecule has 2 aliphatic heterocycles. The SMILES string of the molecule is COCC[C@@H]1O[C@@H]2SC(N(C)C)=N[C@@H]2[C@@H](O)[C@@H]1O. The summed E-state index contributed by atoms with van der Waals surface area (Å²) in [4.78, 5) is 6.28. The zero-order valence-electron chi connectivity index (χ0n) is 10.8. The van der Waals surface area contributed by atoms with Gasteiger partial charge in [0.15, 0.2) is 5.17 Å². The summed E-state index contributed by atoms with van der Waals surface area (Å²) >= 11 is 1.49. The number of amidine groups is 1. The molecule has 2 rings (SSSR count). The van der Waals surface area contributed by atoms with E-state index in [-0.39, 0.29) is 11.5 Å². The van der Waals surface area contributed by atoms with Crippen LogP contribution in [0, 0.1) is 0 Å². The van der Waals surface area contributed by atoms with Gasteiger partial charge in [0.05, 0.1) is 6.10 Å². The number of rotatable bonds is 3. The predicted molar refractivity (Wildman–Crippen MR) is 69.7 cm³/mol. The van der Waals surface area contributed by atoms with Crippen LogP contribution in [0.15, 0.2) is 4.99 Å². The normalized spacial score (nSPS) is 39.4. The molecule has 0 spiro atoms. The lowest BCUT2D eigenvalue weighted by Gasteiger charge is -2.38. The lowest BCUT2D eigenvalue weighted by molar-refractivity contribution is -0.157. The van der Waals surface area contributed by atoms with E-state index in [9.17, 15) is 10.2 Å². The molecule has 2 aliphatic rings. The fourth-order valence-electron chi connectivity index (χ4n) is 2.11. The van der Waals surface area contributed by atoms with Crippen molar-refractivity contribution < 1.29 is 19.7 Å². The Morgan fingerprint density at radius 2 is 2.11 bits per heavy atom. The van der Waals surface area contributed by atoms with Crippen molar-refractivity contribution in [3.63, 3.8) is 0 Å². The quantitative estimate of drug-likeness (QED) is 0.724. The third-order valence-electron chi connectivity index (χ3n) is 3.14. The van der Waals surface area contributed by atoms with Crippen molar-refractivity contribution in [2.75, 3.05) is 27.8 Å². The molecule has 7 heteroatoms. The smallest absolute Gasteiger partial charge is 0.161 e. The summed E-state index contributed by atoms with van der Waals surface area (Å²) in [6.45, 7) is 0.498. The lowest BCUT2D eigenvalue weighted by Crippen LogP contribution is -2.54. The average Bonchev–Trinajstić information content (AvgIpc) is 2.76. The largest absolute Gasteiger partial charge is 0.388 e. The van der Waals surface area contributed by atoms with Gasteiger partial charge in [0, 0.05) is 27.8 Å². The summed E-state index contributed by atoms with van der Waals surface area (Å²) in [6, 6.07) is -0.388. The Labute approximate surface area is 111 Å². The highest BCUT2D eigenvalue weighted by Gasteiger charge is 2.48. The molecule has 0 unspecified atom stereocenters. The molecule has 0 saturated carbocycles. The minimum Gasteiger partial charge on any atom is -0.388 e. The molecule has 1 fully saturated rings. The highest BCUT2D eigenvalue weighted by atomic mass is 32.2. The second-order valence-electron chi connectivity index (χ2n) is 4.72. The lowest BCUT2D eigenvalue weighted by atomic mass is 9.96. The number of nitrogens with zero attached hydrogens (tertiary/aromatic N) is 2. The minimum atomic E-state index is -0.910. The molecule has 0 aliphatic carbocycles. The van der Waals surface area contributed by atoms with Gasteiger partial charge in [-0.2, -0.15) is 0 Å². The van der Waals surface area contributed by atoms with Crippen molar-refractivity contribution in [3.05, 3.63) is 0 Å². The predicted octanol–water partition coefficient (Wildman–Crippen LogP) is -0.497. The maximum atomic E-state index is 10.1. The molecule has 0 aromatic carbocycles. The molecule has 2 N–H and O–H groups in total. The van der Waals surface area contributed by atoms with Crippen molar-refractivity contribution in [2.45, 2.75) is 36.2 Å². The Hall–Kier alpha value is -0.340. The van der Waals surface area contributed by atoms with Gasteiger partial charge in [0.2, 0.25) is 0 Å². The number of fused-ring (bicyclic) bond motifs is 1. The first kappa shape index (κ1) is 14.1. The molecule has 5 atom stereocenters. The van der Waals surface area contributed by atoms with Gasteiger partial charge in [-0.25, -0.2) is 0 Å². The fourth-order valence-corrected chi connectivity index (χ4v) is 3.27. The van der Waals surface area contributed by atoms with Gasteiger partial charge in [0.1, 0.15) is 23.7 Å². The monoisotopic (exact) mass is 276 g/mol. The van der Waals surface area contributed by atoms with E-state index >= 15 is 0 Å². The van der Waals surface area contributed by atoms with Crippen molar-refractivity contribution in [3.8, 4) is 0 Å². The molecule has 0 aromatic rings. The van der Waals surface area contributed by atoms with Gasteiger partial charge in [-0.3, -0.25) is 4.99 Å². The third-order valence-corrected chi connectivity index (χ3v) is 4.44. The van der Waals surface area contributed by atoms with E-state index in [1.54, 1.807) is 7.11 Å². The van der Waals surface area contributed by atoms with E-state index < -0.39 is 18.3 Å². The highest BCUT2D eigenvalue weighted by Crippen LogP contribution is 2.37. The van der Waals surface area contributed by atoms with Crippen LogP contribution in [-0.4, -0.2) is 77.9 Å². The van der Waals surface area contributed by atoms with Crippen LogP contribution in [0.3, 0.4) is 0 Å². The average molecular weight is 276 g/mol. The van der Waals surface area contributed by atoms with Gasteiger partial charge in [-0.15, -0.1) is 0 Å². The summed E-state index contributed by atoms with van der Waals surface area (Å²) in [5.74, 6) is 0. The van der Waals surface area contributed by atoms with Gasteiger partial charge >= 0.3 is 0 Å². The first-order chi connectivity index (χ1) is 8.54. The molecule has 0 radical (unpaired) electrons. The first-order valence-electron chi connectivity index (χ1n) is 5.97. The van der Waals surface area contributed by atoms with Crippen LogP contribution in [0.25, 0.3) is 0 Å². The second kappa shape index (κ2) is 5.75. The third kappa shape index (κ3) is 2.65. The van der Waals surface area contributed by atoms with Crippen molar-refractivity contribution in [1.82, 2.24) is 4.90 Å². The van der Waals surface area contributed by atoms with E-state index in [1.807, 2.05) is 19.0 Å². The van der Waals surface area contributed by atoms with Crippen LogP contribution in [0.1, 0.15) is 6.42 Å². The van der Waals surface area contributed by atoms with E-state index in [0.29, 0.717) is 13.0 Å². The zero-order valence-corrected chi connectivity index (χ0v) is 11.6. The highest BCUT2D eigenvalue weighted by molar-refractivity contribution is 8.14. The number of aliphatic imine (C=N–C) groups is 1. The van der Waals surface area contributed by atoms with Gasteiger partial charge in [-0.05, 0) is 6.42 Å². The molecular formula is C11H20N2O4S. The maximum absolute atomic E-state index is 10.1. The van der Waals surface area contributed by atoms with Crippen molar-refractivity contribution >= 4 is 16.9 Å². The number of thioether (sulfide) groups is 1. The Balaban J connectivity index is 2.04. The summed E-state index contributed by atoms with van der Waals surface area (Å²) in [7, 11) is 5.40. The van der Waals surface area contributed by atoms with Crippen LogP contribution in [0.5, 0.6) is 0 Å². The molecule has 0 aromatic heterocycles. The maximum Gasteiger partial charge on any atom is 0.161 e. The number of aliphatic hydroxyl groups excluding tert-OH is 2. The number of aliphatic hydroxyl groups is 2. The van der Waals surface area contributed by atoms with Gasteiger partial charge in [0.25, 0.3) is 0 Å². The van der Waals surface area contributed by atoms with Crippen LogP contribution >= 0.6 is 11.8 Å². The molecular weight excluding hydrogens is 256 g/mol. The fraction of sp³-hybridized carbons (Fsp3) is 0.909. The summed E-state index contributed by atoms with van der Waals surface area (Å²) in [5.41, 5.74) is -0.220.